The van der Waals surface area contributed by atoms with Gasteiger partial charge in [-0.1, -0.05) is 19.8 Å². The molecule has 2 rings (SSSR count). The lowest BCUT2D eigenvalue weighted by molar-refractivity contribution is -0.190. The second-order valence-electron chi connectivity index (χ2n) is 5.72. The van der Waals surface area contributed by atoms with Crippen LogP contribution in [0.2, 0.25) is 0 Å². The summed E-state index contributed by atoms with van der Waals surface area (Å²) in [5.74, 6) is -1.17. The fraction of sp³-hybridized carbons (Fsp3) is 1.00. The molecule has 1 aliphatic carbocycles. The fourth-order valence-electron chi connectivity index (χ4n) is 2.70. The Morgan fingerprint density at radius 2 is 1.88 bits per heavy atom. The molecule has 0 amide bonds. The average Bonchev–Trinajstić information content (AvgIpc) is 2.23. The van der Waals surface area contributed by atoms with Gasteiger partial charge in [-0.25, -0.2) is 0 Å². The molecule has 1 aliphatic heterocycles. The molecule has 0 spiro atoms. The van der Waals surface area contributed by atoms with Crippen LogP contribution in [-0.4, -0.2) is 32.0 Å². The summed E-state index contributed by atoms with van der Waals surface area (Å²) in [4.78, 5) is 0. The van der Waals surface area contributed by atoms with Gasteiger partial charge in [0.15, 0.2) is 0 Å². The predicted octanol–water partition coefficient (Wildman–Crippen LogP) is 2.73. The summed E-state index contributed by atoms with van der Waals surface area (Å²) >= 11 is 0. The van der Waals surface area contributed by atoms with E-state index in [-0.39, 0.29) is 11.8 Å². The van der Waals surface area contributed by atoms with Crippen LogP contribution in [0.15, 0.2) is 0 Å². The zero-order valence-electron chi connectivity index (χ0n) is 10.1. The van der Waals surface area contributed by atoms with E-state index in [2.05, 4.69) is 12.2 Å². The number of hydrogen-bond donors (Lipinski definition) is 1. The van der Waals surface area contributed by atoms with E-state index in [1.54, 1.807) is 0 Å². The number of nitrogens with one attached hydrogen (secondary N) is 1. The van der Waals surface area contributed by atoms with Crippen molar-refractivity contribution in [2.24, 2.45) is 11.3 Å². The molecule has 1 heterocycles. The number of alkyl halides is 3. The molecule has 2 unspecified atom stereocenters. The van der Waals surface area contributed by atoms with Crippen LogP contribution < -0.4 is 5.32 Å². The Labute approximate surface area is 99.9 Å². The second-order valence-corrected chi connectivity index (χ2v) is 5.72. The molecule has 5 heteroatoms. The predicted molar refractivity (Wildman–Crippen MR) is 58.7 cm³/mol. The van der Waals surface area contributed by atoms with Crippen molar-refractivity contribution >= 4 is 0 Å². The molecule has 0 aromatic rings. The van der Waals surface area contributed by atoms with Crippen molar-refractivity contribution in [1.29, 1.82) is 0 Å². The minimum Gasteiger partial charge on any atom is -0.380 e. The molecule has 2 atom stereocenters. The fourth-order valence-corrected chi connectivity index (χ4v) is 2.70. The highest BCUT2D eigenvalue weighted by Crippen LogP contribution is 2.38. The van der Waals surface area contributed by atoms with Gasteiger partial charge in [0, 0.05) is 18.0 Å². The first kappa shape index (κ1) is 13.1. The van der Waals surface area contributed by atoms with E-state index in [4.69, 9.17) is 4.74 Å². The zero-order valence-corrected chi connectivity index (χ0v) is 10.1. The lowest BCUT2D eigenvalue weighted by Crippen LogP contribution is -2.53. The summed E-state index contributed by atoms with van der Waals surface area (Å²) in [6.45, 7) is 3.99. The molecule has 2 aliphatic rings. The van der Waals surface area contributed by atoms with Gasteiger partial charge < -0.3 is 10.1 Å². The van der Waals surface area contributed by atoms with Crippen molar-refractivity contribution in [1.82, 2.24) is 5.32 Å². The monoisotopic (exact) mass is 251 g/mol. The van der Waals surface area contributed by atoms with Crippen LogP contribution in [0.5, 0.6) is 0 Å². The van der Waals surface area contributed by atoms with Crippen LogP contribution in [0.1, 0.15) is 32.6 Å². The van der Waals surface area contributed by atoms with Gasteiger partial charge in [0.25, 0.3) is 0 Å². The van der Waals surface area contributed by atoms with Gasteiger partial charge in [-0.05, 0) is 12.8 Å². The van der Waals surface area contributed by atoms with Crippen LogP contribution in [0.4, 0.5) is 13.2 Å². The zero-order chi connectivity index (χ0) is 12.5. The van der Waals surface area contributed by atoms with Crippen LogP contribution in [-0.2, 0) is 4.74 Å². The Kier molecular flexibility index (Phi) is 3.69. The van der Waals surface area contributed by atoms with Gasteiger partial charge >= 0.3 is 6.18 Å². The number of rotatable bonds is 3. The third-order valence-corrected chi connectivity index (χ3v) is 3.88. The van der Waals surface area contributed by atoms with Crippen molar-refractivity contribution < 1.29 is 17.9 Å². The average molecular weight is 251 g/mol. The Morgan fingerprint density at radius 1 is 1.24 bits per heavy atom. The summed E-state index contributed by atoms with van der Waals surface area (Å²) in [7, 11) is 0. The lowest BCUT2D eigenvalue weighted by Gasteiger charge is -2.41. The van der Waals surface area contributed by atoms with Crippen molar-refractivity contribution in [3.63, 3.8) is 0 Å². The Balaban J connectivity index is 1.88. The summed E-state index contributed by atoms with van der Waals surface area (Å²) < 4.78 is 43.6. The normalized spacial score (nSPS) is 33.2. The third-order valence-electron chi connectivity index (χ3n) is 3.88. The molecular formula is C12H20F3NO. The minimum atomic E-state index is -4.06. The first-order chi connectivity index (χ1) is 7.91. The molecule has 0 aromatic carbocycles. The molecular weight excluding hydrogens is 231 g/mol. The highest BCUT2D eigenvalue weighted by molar-refractivity contribution is 4.89. The second kappa shape index (κ2) is 4.76. The Bertz CT molecular complexity index is 263. The van der Waals surface area contributed by atoms with Crippen LogP contribution >= 0.6 is 0 Å². The molecule has 0 bridgehead atoms. The van der Waals surface area contributed by atoms with Gasteiger partial charge in [0.05, 0.1) is 19.1 Å². The molecule has 0 aromatic heterocycles. The highest BCUT2D eigenvalue weighted by Gasteiger charge is 2.46. The summed E-state index contributed by atoms with van der Waals surface area (Å²) in [6.07, 6.45) is -1.55. The number of ether oxygens (including phenoxy) is 1. The Hall–Kier alpha value is -0.290. The van der Waals surface area contributed by atoms with Crippen LogP contribution in [0.25, 0.3) is 0 Å². The molecule has 2 fully saturated rings. The van der Waals surface area contributed by atoms with E-state index in [0.29, 0.717) is 32.6 Å². The smallest absolute Gasteiger partial charge is 0.380 e. The minimum absolute atomic E-state index is 0.0353. The molecule has 1 saturated heterocycles. The van der Waals surface area contributed by atoms with E-state index in [9.17, 15) is 13.2 Å². The lowest BCUT2D eigenvalue weighted by atomic mass is 9.82. The maximum atomic E-state index is 12.8. The first-order valence-electron chi connectivity index (χ1n) is 6.29. The molecule has 0 radical (unpaired) electrons. The van der Waals surface area contributed by atoms with Crippen molar-refractivity contribution in [2.45, 2.75) is 44.8 Å². The largest absolute Gasteiger partial charge is 0.393 e. The molecule has 1 saturated carbocycles. The summed E-state index contributed by atoms with van der Waals surface area (Å²) in [5.41, 5.74) is 0.0353. The van der Waals surface area contributed by atoms with E-state index in [1.165, 1.54) is 0 Å². The van der Waals surface area contributed by atoms with Gasteiger partial charge in [-0.15, -0.1) is 0 Å². The van der Waals surface area contributed by atoms with E-state index in [0.717, 1.165) is 6.42 Å². The van der Waals surface area contributed by atoms with Gasteiger partial charge in [-0.3, -0.25) is 0 Å². The SMILES string of the molecule is CC1(CNC2CCCCC2C(F)(F)F)COC1. The van der Waals surface area contributed by atoms with Crippen molar-refractivity contribution in [2.75, 3.05) is 19.8 Å². The van der Waals surface area contributed by atoms with Gasteiger partial charge in [-0.2, -0.15) is 13.2 Å². The quantitative estimate of drug-likeness (QED) is 0.832. The van der Waals surface area contributed by atoms with Gasteiger partial charge in [0.1, 0.15) is 0 Å². The summed E-state index contributed by atoms with van der Waals surface area (Å²) in [6, 6.07) is -0.402. The summed E-state index contributed by atoms with van der Waals surface area (Å²) in [5, 5.41) is 3.12. The van der Waals surface area contributed by atoms with Gasteiger partial charge in [0.2, 0.25) is 0 Å². The number of halogens is 3. The number of hydrogen-bond acceptors (Lipinski definition) is 2. The van der Waals surface area contributed by atoms with Crippen LogP contribution in [0, 0.1) is 11.3 Å². The molecule has 100 valence electrons. The Morgan fingerprint density at radius 3 is 2.41 bits per heavy atom. The standard InChI is InChI=1S/C12H20F3NO/c1-11(7-17-8-11)6-16-10-5-3-2-4-9(10)12(13,14)15/h9-10,16H,2-8H2,1H3. The maximum absolute atomic E-state index is 12.8. The van der Waals surface area contributed by atoms with E-state index < -0.39 is 18.1 Å². The topological polar surface area (TPSA) is 21.3 Å². The van der Waals surface area contributed by atoms with Crippen LogP contribution in [0.3, 0.4) is 0 Å². The third kappa shape index (κ3) is 3.13. The van der Waals surface area contributed by atoms with Crippen molar-refractivity contribution in [3.8, 4) is 0 Å². The first-order valence-corrected chi connectivity index (χ1v) is 6.29. The molecule has 17 heavy (non-hydrogen) atoms. The van der Waals surface area contributed by atoms with Crippen molar-refractivity contribution in [3.05, 3.63) is 0 Å². The highest BCUT2D eigenvalue weighted by atomic mass is 19.4. The molecule has 1 N–H and O–H groups in total. The maximum Gasteiger partial charge on any atom is 0.393 e. The van der Waals surface area contributed by atoms with E-state index in [1.807, 2.05) is 0 Å². The molecule has 2 nitrogen and oxygen atoms in total. The van der Waals surface area contributed by atoms with E-state index >= 15 is 0 Å².